The fourth-order valence-corrected chi connectivity index (χ4v) is 4.01. The van der Waals surface area contributed by atoms with Crippen molar-refractivity contribution < 1.29 is 28.9 Å². The number of benzene rings is 2. The molecule has 168 valence electrons. The van der Waals surface area contributed by atoms with E-state index in [0.29, 0.717) is 42.4 Å². The summed E-state index contributed by atoms with van der Waals surface area (Å²) in [5.74, 6) is 0.399. The fraction of sp³-hybridized carbons (Fsp3) is 0.364. The molecule has 0 atom stereocenters. The molecule has 0 fully saturated rings. The predicted octanol–water partition coefficient (Wildman–Crippen LogP) is 4.24. The molecule has 2 aliphatic carbocycles. The first-order valence-electron chi connectivity index (χ1n) is 10.0. The van der Waals surface area contributed by atoms with Gasteiger partial charge in [0.15, 0.2) is 23.1 Å². The van der Waals surface area contributed by atoms with Crippen LogP contribution in [0.2, 0.25) is 0 Å². The number of nitrogens with zero attached hydrogens (tertiary/aromatic N) is 2. The predicted molar refractivity (Wildman–Crippen MR) is 114 cm³/mol. The molecule has 0 aliphatic heterocycles. The monoisotopic (exact) mass is 442 g/mol. The minimum Gasteiger partial charge on any atom is -0.490 e. The summed E-state index contributed by atoms with van der Waals surface area (Å²) in [5, 5.41) is 21.8. The van der Waals surface area contributed by atoms with E-state index in [4.69, 9.17) is 9.47 Å². The van der Waals surface area contributed by atoms with Crippen LogP contribution < -0.4 is 9.47 Å². The number of hydrogen-bond donors (Lipinski definition) is 0. The van der Waals surface area contributed by atoms with Gasteiger partial charge >= 0.3 is 11.4 Å². The SMILES string of the molecule is COc1cc2c(cc1[N+](=O)[O-])C(=O)CCC2.COc1ccc2c(c1[N+](=O)[O-])CCCC2=O. The first-order chi connectivity index (χ1) is 15.3. The molecule has 2 aromatic carbocycles. The average Bonchev–Trinajstić information content (AvgIpc) is 2.78. The molecular formula is C22H22N2O8. The maximum Gasteiger partial charge on any atom is 0.314 e. The molecule has 0 amide bonds. The minimum atomic E-state index is -0.527. The topological polar surface area (TPSA) is 139 Å². The maximum atomic E-state index is 11.6. The molecule has 0 saturated heterocycles. The van der Waals surface area contributed by atoms with Gasteiger partial charge in [-0.1, -0.05) is 0 Å². The molecule has 0 N–H and O–H groups in total. The van der Waals surface area contributed by atoms with Crippen molar-refractivity contribution in [1.29, 1.82) is 0 Å². The third kappa shape index (κ3) is 4.43. The summed E-state index contributed by atoms with van der Waals surface area (Å²) in [5.41, 5.74) is 2.10. The maximum absolute atomic E-state index is 11.6. The molecule has 2 aromatic rings. The summed E-state index contributed by atoms with van der Waals surface area (Å²) in [6.07, 6.45) is 3.74. The van der Waals surface area contributed by atoms with Crippen molar-refractivity contribution >= 4 is 22.9 Å². The third-order valence-electron chi connectivity index (χ3n) is 5.53. The largest absolute Gasteiger partial charge is 0.490 e. The van der Waals surface area contributed by atoms with Gasteiger partial charge in [-0.3, -0.25) is 29.8 Å². The Bertz CT molecular complexity index is 1080. The van der Waals surface area contributed by atoms with Gasteiger partial charge in [0.1, 0.15) is 0 Å². The lowest BCUT2D eigenvalue weighted by molar-refractivity contribution is -0.386. The van der Waals surface area contributed by atoms with Crippen molar-refractivity contribution in [3.63, 3.8) is 0 Å². The van der Waals surface area contributed by atoms with Gasteiger partial charge < -0.3 is 9.47 Å². The number of Topliss-reactive ketones (excluding diaryl/α,β-unsaturated/α-hetero) is 2. The Morgan fingerprint density at radius 2 is 1.41 bits per heavy atom. The smallest absolute Gasteiger partial charge is 0.314 e. The van der Waals surface area contributed by atoms with Crippen LogP contribution in [0, 0.1) is 20.2 Å². The van der Waals surface area contributed by atoms with Gasteiger partial charge in [0.2, 0.25) is 0 Å². The van der Waals surface area contributed by atoms with Crippen LogP contribution >= 0.6 is 0 Å². The number of ketones is 2. The van der Waals surface area contributed by atoms with Crippen molar-refractivity contribution in [3.8, 4) is 11.5 Å². The number of nitro benzene ring substituents is 2. The Morgan fingerprint density at radius 3 is 2.00 bits per heavy atom. The van der Waals surface area contributed by atoms with Crippen molar-refractivity contribution in [2.45, 2.75) is 38.5 Å². The number of aryl methyl sites for hydroxylation is 1. The second-order valence-corrected chi connectivity index (χ2v) is 7.39. The molecule has 0 radical (unpaired) electrons. The van der Waals surface area contributed by atoms with Crippen molar-refractivity contribution in [2.75, 3.05) is 14.2 Å². The number of carbonyl (C=O) groups excluding carboxylic acids is 2. The normalized spacial score (nSPS) is 14.4. The number of methoxy groups -OCH3 is 2. The minimum absolute atomic E-state index is 0.0213. The highest BCUT2D eigenvalue weighted by atomic mass is 16.6. The van der Waals surface area contributed by atoms with E-state index in [1.165, 1.54) is 26.4 Å². The molecule has 0 spiro atoms. The Labute approximate surface area is 183 Å². The summed E-state index contributed by atoms with van der Waals surface area (Å²) in [6, 6.07) is 6.03. The number of hydrogen-bond acceptors (Lipinski definition) is 8. The molecule has 2 aliphatic rings. The number of nitro groups is 2. The molecule has 0 bridgehead atoms. The van der Waals surface area contributed by atoms with Crippen LogP contribution in [-0.4, -0.2) is 35.6 Å². The van der Waals surface area contributed by atoms with E-state index in [0.717, 1.165) is 18.4 Å². The number of fused-ring (bicyclic) bond motifs is 2. The lowest BCUT2D eigenvalue weighted by atomic mass is 9.89. The first kappa shape index (κ1) is 22.9. The molecular weight excluding hydrogens is 420 g/mol. The first-order valence-corrected chi connectivity index (χ1v) is 10.0. The van der Waals surface area contributed by atoms with Crippen LogP contribution in [0.1, 0.15) is 57.5 Å². The lowest BCUT2D eigenvalue weighted by Gasteiger charge is -2.15. The van der Waals surface area contributed by atoms with E-state index in [-0.39, 0.29) is 34.4 Å². The highest BCUT2D eigenvalue weighted by Crippen LogP contribution is 2.37. The summed E-state index contributed by atoms with van der Waals surface area (Å²) in [4.78, 5) is 44.0. The second kappa shape index (κ2) is 9.54. The lowest BCUT2D eigenvalue weighted by Crippen LogP contribution is -2.13. The van der Waals surface area contributed by atoms with Crippen LogP contribution in [0.25, 0.3) is 0 Å². The van der Waals surface area contributed by atoms with E-state index in [1.54, 1.807) is 12.1 Å². The quantitative estimate of drug-likeness (QED) is 0.506. The Balaban J connectivity index is 0.000000181. The summed E-state index contributed by atoms with van der Waals surface area (Å²) in [6.45, 7) is 0. The number of rotatable bonds is 4. The van der Waals surface area contributed by atoms with E-state index in [1.807, 2.05) is 0 Å². The van der Waals surface area contributed by atoms with Crippen molar-refractivity contribution in [2.24, 2.45) is 0 Å². The van der Waals surface area contributed by atoms with Gasteiger partial charge in [-0.05, 0) is 49.4 Å². The van der Waals surface area contributed by atoms with Crippen LogP contribution in [0.3, 0.4) is 0 Å². The molecule has 0 saturated carbocycles. The van der Waals surface area contributed by atoms with Crippen LogP contribution in [0.15, 0.2) is 24.3 Å². The van der Waals surface area contributed by atoms with Gasteiger partial charge in [-0.25, -0.2) is 0 Å². The Hall–Kier alpha value is -3.82. The number of carbonyl (C=O) groups is 2. The summed E-state index contributed by atoms with van der Waals surface area (Å²) < 4.78 is 9.91. The van der Waals surface area contributed by atoms with Gasteiger partial charge in [0.05, 0.1) is 24.1 Å². The molecule has 4 rings (SSSR count). The zero-order valence-corrected chi connectivity index (χ0v) is 17.7. The third-order valence-corrected chi connectivity index (χ3v) is 5.53. The fourth-order valence-electron chi connectivity index (χ4n) is 4.01. The highest BCUT2D eigenvalue weighted by Gasteiger charge is 2.29. The van der Waals surface area contributed by atoms with Crippen LogP contribution in [-0.2, 0) is 12.8 Å². The molecule has 0 aromatic heterocycles. The van der Waals surface area contributed by atoms with Crippen molar-refractivity contribution in [3.05, 3.63) is 66.7 Å². The van der Waals surface area contributed by atoms with Gasteiger partial charge in [-0.15, -0.1) is 0 Å². The molecule has 10 heteroatoms. The number of ether oxygens (including phenoxy) is 2. The Kier molecular flexibility index (Phi) is 6.82. The highest BCUT2D eigenvalue weighted by molar-refractivity contribution is 6.00. The van der Waals surface area contributed by atoms with E-state index < -0.39 is 9.85 Å². The Morgan fingerprint density at radius 1 is 0.781 bits per heavy atom. The zero-order chi connectivity index (χ0) is 23.4. The summed E-state index contributed by atoms with van der Waals surface area (Å²) in [7, 11) is 2.78. The van der Waals surface area contributed by atoms with Gasteiger partial charge in [-0.2, -0.15) is 0 Å². The second-order valence-electron chi connectivity index (χ2n) is 7.39. The van der Waals surface area contributed by atoms with Gasteiger partial charge in [0, 0.05) is 35.6 Å². The molecule has 32 heavy (non-hydrogen) atoms. The van der Waals surface area contributed by atoms with Crippen LogP contribution in [0.5, 0.6) is 11.5 Å². The van der Waals surface area contributed by atoms with Crippen molar-refractivity contribution in [1.82, 2.24) is 0 Å². The van der Waals surface area contributed by atoms with Gasteiger partial charge in [0.25, 0.3) is 0 Å². The standard InChI is InChI=1S/2C11H11NO4/c1-16-11-5-7-3-2-4-10(13)8(7)6-9(11)12(14)15;1-16-10-6-5-7-8(11(10)12(14)15)3-2-4-9(7)13/h2*5-6H,2-4H2,1H3. The molecule has 0 heterocycles. The summed E-state index contributed by atoms with van der Waals surface area (Å²) >= 11 is 0. The molecule has 10 nitrogen and oxygen atoms in total. The van der Waals surface area contributed by atoms with E-state index >= 15 is 0 Å². The van der Waals surface area contributed by atoms with E-state index in [2.05, 4.69) is 0 Å². The zero-order valence-electron chi connectivity index (χ0n) is 17.7. The molecule has 0 unspecified atom stereocenters. The van der Waals surface area contributed by atoms with Crippen LogP contribution in [0.4, 0.5) is 11.4 Å². The average molecular weight is 442 g/mol. The van der Waals surface area contributed by atoms with E-state index in [9.17, 15) is 29.8 Å².